The Morgan fingerprint density at radius 2 is 2.00 bits per heavy atom. The quantitative estimate of drug-likeness (QED) is 0.292. The molecule has 0 N–H and O–H groups in total. The van der Waals surface area contributed by atoms with Gasteiger partial charge in [0, 0.05) is 0 Å². The first-order valence-corrected chi connectivity index (χ1v) is 5.04. The summed E-state index contributed by atoms with van der Waals surface area (Å²) in [7, 11) is 2.10. The largest absolute Gasteiger partial charge is 1.00 e. The zero-order valence-corrected chi connectivity index (χ0v) is 9.99. The zero-order valence-electron chi connectivity index (χ0n) is 6.12. The van der Waals surface area contributed by atoms with Crippen LogP contribution in [0.1, 0.15) is 0 Å². The van der Waals surface area contributed by atoms with E-state index in [0.717, 1.165) is 0 Å². The molecule has 0 aliphatic carbocycles. The van der Waals surface area contributed by atoms with E-state index in [1.54, 1.807) is 0 Å². The van der Waals surface area contributed by atoms with Gasteiger partial charge in [0.2, 0.25) is 0 Å². The Hall–Kier alpha value is 0.139. The van der Waals surface area contributed by atoms with Crippen LogP contribution in [-0.2, 0) is 7.05 Å². The summed E-state index contributed by atoms with van der Waals surface area (Å²) in [5.74, 6) is 0. The summed E-state index contributed by atoms with van der Waals surface area (Å²) >= 11 is 0.575. The first kappa shape index (κ1) is 9.23. The Kier molecular flexibility index (Phi) is 3.10. The number of hydrogen-bond donors (Lipinski definition) is 0. The molecule has 0 saturated carbocycles. The predicted molar refractivity (Wildman–Crippen MR) is 42.1 cm³/mol. The summed E-state index contributed by atoms with van der Waals surface area (Å²) in [4.78, 5) is 0. The molecular formula is C8H8INSe. The molecule has 2 rings (SSSR count). The Bertz CT molecular complexity index is 356. The third kappa shape index (κ3) is 1.66. The van der Waals surface area contributed by atoms with Crippen LogP contribution in [0.4, 0.5) is 0 Å². The van der Waals surface area contributed by atoms with Crippen molar-refractivity contribution in [2.45, 2.75) is 0 Å². The van der Waals surface area contributed by atoms with Crippen molar-refractivity contribution in [2.75, 3.05) is 0 Å². The number of aromatic nitrogens is 1. The van der Waals surface area contributed by atoms with Gasteiger partial charge in [-0.15, -0.1) is 0 Å². The van der Waals surface area contributed by atoms with E-state index in [9.17, 15) is 0 Å². The number of para-hydroxylation sites is 1. The van der Waals surface area contributed by atoms with E-state index in [0.29, 0.717) is 14.5 Å². The average Bonchev–Trinajstić information content (AvgIpc) is 2.34. The van der Waals surface area contributed by atoms with Crippen molar-refractivity contribution >= 4 is 24.3 Å². The molecule has 1 heterocycles. The Labute approximate surface area is 88.8 Å². The van der Waals surface area contributed by atoms with Crippen molar-refractivity contribution in [1.82, 2.24) is 0 Å². The Morgan fingerprint density at radius 3 is 2.73 bits per heavy atom. The summed E-state index contributed by atoms with van der Waals surface area (Å²) in [5.41, 5.74) is 1.38. The van der Waals surface area contributed by atoms with E-state index < -0.39 is 0 Å². The average molecular weight is 324 g/mol. The third-order valence-electron chi connectivity index (χ3n) is 1.58. The molecule has 0 amide bonds. The molecule has 0 radical (unpaired) electrons. The van der Waals surface area contributed by atoms with Gasteiger partial charge in [-0.3, -0.25) is 0 Å². The number of hydrogen-bond acceptors (Lipinski definition) is 0. The second-order valence-corrected chi connectivity index (χ2v) is 4.16. The maximum atomic E-state index is 2.26. The van der Waals surface area contributed by atoms with Crippen LogP contribution in [0, 0.1) is 0 Å². The summed E-state index contributed by atoms with van der Waals surface area (Å²) in [6.45, 7) is 0. The molecule has 11 heavy (non-hydrogen) atoms. The SMILES string of the molecule is C[n+]1c[se]c2ccccc21.[I-]. The molecule has 0 aliphatic heterocycles. The van der Waals surface area contributed by atoms with Gasteiger partial charge in [-0.05, 0) is 0 Å². The van der Waals surface area contributed by atoms with Crippen molar-refractivity contribution in [2.24, 2.45) is 7.05 Å². The van der Waals surface area contributed by atoms with Crippen LogP contribution < -0.4 is 28.5 Å². The summed E-state index contributed by atoms with van der Waals surface area (Å²) in [5, 5.41) is 2.26. The van der Waals surface area contributed by atoms with Crippen molar-refractivity contribution in [3.8, 4) is 0 Å². The molecule has 1 nitrogen and oxygen atoms in total. The van der Waals surface area contributed by atoms with Gasteiger partial charge >= 0.3 is 65.2 Å². The molecule has 1 aromatic heterocycles. The Morgan fingerprint density at radius 1 is 1.27 bits per heavy atom. The van der Waals surface area contributed by atoms with Gasteiger partial charge in [-0.1, -0.05) is 0 Å². The van der Waals surface area contributed by atoms with E-state index >= 15 is 0 Å². The van der Waals surface area contributed by atoms with E-state index in [1.807, 2.05) is 0 Å². The fraction of sp³-hybridized carbons (Fsp3) is 0.125. The first-order chi connectivity index (χ1) is 4.88. The first-order valence-electron chi connectivity index (χ1n) is 3.20. The molecule has 1 aromatic carbocycles. The van der Waals surface area contributed by atoms with Gasteiger partial charge in [0.05, 0.1) is 0 Å². The van der Waals surface area contributed by atoms with E-state index in [-0.39, 0.29) is 24.0 Å². The fourth-order valence-corrected chi connectivity index (χ4v) is 2.88. The standard InChI is InChI=1S/C8H8NSe.HI/c1-9-6-10-8-5-3-2-4-7(8)9;/h2-6H,1H3;1H/q+1;/p-1. The zero-order chi connectivity index (χ0) is 6.97. The van der Waals surface area contributed by atoms with Gasteiger partial charge in [0.1, 0.15) is 0 Å². The molecule has 0 spiro atoms. The van der Waals surface area contributed by atoms with E-state index in [1.165, 1.54) is 9.78 Å². The minimum atomic E-state index is 0. The molecule has 0 aliphatic rings. The molecule has 58 valence electrons. The van der Waals surface area contributed by atoms with Gasteiger partial charge in [0.25, 0.3) is 0 Å². The second-order valence-electron chi connectivity index (χ2n) is 2.30. The molecule has 0 saturated heterocycles. The second kappa shape index (κ2) is 3.70. The number of fused-ring (bicyclic) bond motifs is 1. The van der Waals surface area contributed by atoms with Crippen LogP contribution in [-0.4, -0.2) is 14.5 Å². The van der Waals surface area contributed by atoms with E-state index in [2.05, 4.69) is 41.0 Å². The monoisotopic (exact) mass is 325 g/mol. The minimum absolute atomic E-state index is 0. The van der Waals surface area contributed by atoms with Crippen molar-refractivity contribution in [3.05, 3.63) is 29.3 Å². The Balaban J connectivity index is 0.000000605. The number of nitrogens with zero attached hydrogens (tertiary/aromatic N) is 1. The number of halogens is 1. The molecule has 2 aromatic rings. The van der Waals surface area contributed by atoms with Crippen molar-refractivity contribution < 1.29 is 28.5 Å². The van der Waals surface area contributed by atoms with Crippen LogP contribution in [0.3, 0.4) is 0 Å². The maximum absolute atomic E-state index is 2.26. The van der Waals surface area contributed by atoms with Gasteiger partial charge < -0.3 is 24.0 Å². The normalized spacial score (nSPS) is 9.55. The number of aryl methyl sites for hydroxylation is 1. The van der Waals surface area contributed by atoms with Gasteiger partial charge in [-0.2, -0.15) is 0 Å². The van der Waals surface area contributed by atoms with Crippen molar-refractivity contribution in [1.29, 1.82) is 0 Å². The predicted octanol–water partition coefficient (Wildman–Crippen LogP) is -2.27. The molecule has 0 bridgehead atoms. The summed E-state index contributed by atoms with van der Waals surface area (Å²) < 4.78 is 3.70. The molecule has 3 heteroatoms. The van der Waals surface area contributed by atoms with Crippen LogP contribution in [0.25, 0.3) is 9.78 Å². The number of rotatable bonds is 0. The molecule has 0 unspecified atom stereocenters. The smallest absolute Gasteiger partial charge is 1.00 e. The van der Waals surface area contributed by atoms with E-state index in [4.69, 9.17) is 0 Å². The fourth-order valence-electron chi connectivity index (χ4n) is 1.04. The van der Waals surface area contributed by atoms with Gasteiger partial charge in [0.15, 0.2) is 0 Å². The van der Waals surface area contributed by atoms with Crippen molar-refractivity contribution in [3.63, 3.8) is 0 Å². The number of benzene rings is 1. The van der Waals surface area contributed by atoms with Crippen LogP contribution in [0.2, 0.25) is 0 Å². The summed E-state index contributed by atoms with van der Waals surface area (Å²) in [6, 6.07) is 8.56. The summed E-state index contributed by atoms with van der Waals surface area (Å²) in [6.07, 6.45) is 0. The topological polar surface area (TPSA) is 3.88 Å². The van der Waals surface area contributed by atoms with Crippen LogP contribution in [0.15, 0.2) is 29.3 Å². The third-order valence-corrected chi connectivity index (χ3v) is 3.72. The molecule has 0 fully saturated rings. The van der Waals surface area contributed by atoms with Crippen LogP contribution >= 0.6 is 0 Å². The van der Waals surface area contributed by atoms with Crippen LogP contribution in [0.5, 0.6) is 0 Å². The molecule has 0 atom stereocenters. The van der Waals surface area contributed by atoms with Gasteiger partial charge in [-0.25, -0.2) is 0 Å². The maximum Gasteiger partial charge on any atom is -1.00 e. The molecular weight excluding hydrogens is 316 g/mol. The minimum Gasteiger partial charge on any atom is -1.00 e.